The van der Waals surface area contributed by atoms with Crippen molar-refractivity contribution in [3.63, 3.8) is 0 Å². The van der Waals surface area contributed by atoms with Gasteiger partial charge in [0.1, 0.15) is 5.75 Å². The van der Waals surface area contributed by atoms with Crippen molar-refractivity contribution in [3.05, 3.63) is 60.2 Å². The lowest BCUT2D eigenvalue weighted by Crippen LogP contribution is -2.38. The number of methoxy groups -OCH3 is 1. The van der Waals surface area contributed by atoms with Crippen LogP contribution in [0.2, 0.25) is 0 Å². The van der Waals surface area contributed by atoms with Crippen molar-refractivity contribution in [2.24, 2.45) is 0 Å². The van der Waals surface area contributed by atoms with E-state index in [-0.39, 0.29) is 22.0 Å². The van der Waals surface area contributed by atoms with E-state index in [9.17, 15) is 13.2 Å². The van der Waals surface area contributed by atoms with Crippen molar-refractivity contribution in [1.29, 1.82) is 0 Å². The van der Waals surface area contributed by atoms with Gasteiger partial charge in [-0.2, -0.15) is 4.31 Å². The van der Waals surface area contributed by atoms with Gasteiger partial charge in [-0.15, -0.1) is 0 Å². The zero-order valence-corrected chi connectivity index (χ0v) is 20.4. The Kier molecular flexibility index (Phi) is 8.60. The number of hydrogen-bond acceptors (Lipinski definition) is 5. The van der Waals surface area contributed by atoms with Crippen molar-refractivity contribution < 1.29 is 17.9 Å². The number of nitrogens with one attached hydrogen (secondary N) is 2. The average molecular weight is 488 g/mol. The number of anilines is 1. The van der Waals surface area contributed by atoms with E-state index >= 15 is 0 Å². The smallest absolute Gasteiger partial charge is 0.250 e. The maximum Gasteiger partial charge on any atom is 0.250 e. The molecule has 1 fully saturated rings. The van der Waals surface area contributed by atoms with Crippen LogP contribution < -0.4 is 15.4 Å². The molecule has 0 unspecified atom stereocenters. The van der Waals surface area contributed by atoms with Gasteiger partial charge in [-0.1, -0.05) is 31.4 Å². The maximum absolute atomic E-state index is 12.9. The SMILES string of the molecule is COc1ccc(/C=C/C(=O)NC(=S)Nc2ccc(S(=O)(=O)N(C)C3CCCCC3)cc2)cc1. The van der Waals surface area contributed by atoms with E-state index in [1.165, 1.54) is 16.8 Å². The fourth-order valence-electron chi connectivity index (χ4n) is 3.72. The van der Waals surface area contributed by atoms with E-state index in [4.69, 9.17) is 17.0 Å². The second-order valence-electron chi connectivity index (χ2n) is 7.89. The largest absolute Gasteiger partial charge is 0.497 e. The number of thiocarbonyl (C=S) groups is 1. The summed E-state index contributed by atoms with van der Waals surface area (Å²) in [5.41, 5.74) is 1.43. The Bertz CT molecular complexity index is 1090. The van der Waals surface area contributed by atoms with Crippen molar-refractivity contribution in [3.8, 4) is 5.75 Å². The molecule has 2 aromatic rings. The summed E-state index contributed by atoms with van der Waals surface area (Å²) in [6.45, 7) is 0. The molecule has 0 aromatic heterocycles. The molecular formula is C24H29N3O4S2. The predicted molar refractivity (Wildman–Crippen MR) is 135 cm³/mol. The highest BCUT2D eigenvalue weighted by Gasteiger charge is 2.28. The monoisotopic (exact) mass is 487 g/mol. The van der Waals surface area contributed by atoms with Crippen molar-refractivity contribution >= 4 is 45.0 Å². The van der Waals surface area contributed by atoms with Gasteiger partial charge in [-0.05, 0) is 73.1 Å². The van der Waals surface area contributed by atoms with E-state index in [1.807, 2.05) is 12.1 Å². The van der Waals surface area contributed by atoms with Crippen LogP contribution in [0.5, 0.6) is 5.75 Å². The van der Waals surface area contributed by atoms with Crippen LogP contribution in [0.15, 0.2) is 59.5 Å². The fraction of sp³-hybridized carbons (Fsp3) is 0.333. The zero-order chi connectivity index (χ0) is 23.8. The lowest BCUT2D eigenvalue weighted by molar-refractivity contribution is -0.115. The van der Waals surface area contributed by atoms with E-state index in [0.29, 0.717) is 5.69 Å². The summed E-state index contributed by atoms with van der Waals surface area (Å²) >= 11 is 5.19. The molecule has 0 bridgehead atoms. The first kappa shape index (κ1) is 24.9. The highest BCUT2D eigenvalue weighted by molar-refractivity contribution is 7.89. The topological polar surface area (TPSA) is 87.7 Å². The van der Waals surface area contributed by atoms with Gasteiger partial charge in [-0.3, -0.25) is 10.1 Å². The number of carbonyl (C=O) groups is 1. The van der Waals surface area contributed by atoms with Gasteiger partial charge in [0, 0.05) is 24.9 Å². The van der Waals surface area contributed by atoms with Gasteiger partial charge in [0.15, 0.2) is 5.11 Å². The van der Waals surface area contributed by atoms with Crippen molar-refractivity contribution in [2.45, 2.75) is 43.0 Å². The van der Waals surface area contributed by atoms with Crippen LogP contribution in [-0.4, -0.2) is 43.9 Å². The second kappa shape index (κ2) is 11.4. The molecule has 0 aliphatic heterocycles. The molecule has 3 rings (SSSR count). The maximum atomic E-state index is 12.9. The molecule has 1 saturated carbocycles. The van der Waals surface area contributed by atoms with Gasteiger partial charge in [0.2, 0.25) is 15.9 Å². The first-order valence-corrected chi connectivity index (χ1v) is 12.7. The lowest BCUT2D eigenvalue weighted by Gasteiger charge is -2.30. The third-order valence-electron chi connectivity index (χ3n) is 5.66. The van der Waals surface area contributed by atoms with Gasteiger partial charge < -0.3 is 10.1 Å². The van der Waals surface area contributed by atoms with Gasteiger partial charge in [0.05, 0.1) is 12.0 Å². The number of nitrogens with zero attached hydrogens (tertiary/aromatic N) is 1. The summed E-state index contributed by atoms with van der Waals surface area (Å²) in [5.74, 6) is 0.359. The summed E-state index contributed by atoms with van der Waals surface area (Å²) in [7, 11) is -0.309. The van der Waals surface area contributed by atoms with Gasteiger partial charge in [-0.25, -0.2) is 8.42 Å². The number of ether oxygens (including phenoxy) is 1. The fourth-order valence-corrected chi connectivity index (χ4v) is 5.35. The third-order valence-corrected chi connectivity index (χ3v) is 7.79. The molecule has 1 aliphatic carbocycles. The molecule has 33 heavy (non-hydrogen) atoms. The summed E-state index contributed by atoms with van der Waals surface area (Å²) in [6, 6.07) is 13.7. The van der Waals surface area contributed by atoms with Gasteiger partial charge in [0.25, 0.3) is 0 Å². The van der Waals surface area contributed by atoms with E-state index in [1.54, 1.807) is 56.6 Å². The van der Waals surface area contributed by atoms with Crippen LogP contribution in [0.1, 0.15) is 37.7 Å². The zero-order valence-electron chi connectivity index (χ0n) is 18.8. The van der Waals surface area contributed by atoms with Crippen LogP contribution >= 0.6 is 12.2 Å². The van der Waals surface area contributed by atoms with E-state index in [2.05, 4.69) is 10.6 Å². The number of amides is 1. The number of hydrogen-bond donors (Lipinski definition) is 2. The number of sulfonamides is 1. The molecular weight excluding hydrogens is 458 g/mol. The minimum Gasteiger partial charge on any atom is -0.497 e. The molecule has 1 aliphatic rings. The Hall–Kier alpha value is -2.75. The Balaban J connectivity index is 1.54. The van der Waals surface area contributed by atoms with Gasteiger partial charge >= 0.3 is 0 Å². The van der Waals surface area contributed by atoms with Crippen LogP contribution in [0, 0.1) is 0 Å². The molecule has 7 nitrogen and oxygen atoms in total. The van der Waals surface area contributed by atoms with Crippen LogP contribution in [0.3, 0.4) is 0 Å². The van der Waals surface area contributed by atoms with E-state index in [0.717, 1.165) is 37.0 Å². The number of carbonyl (C=O) groups excluding carboxylic acids is 1. The molecule has 2 aromatic carbocycles. The quantitative estimate of drug-likeness (QED) is 0.450. The number of benzene rings is 2. The molecule has 0 saturated heterocycles. The summed E-state index contributed by atoms with van der Waals surface area (Å²) in [4.78, 5) is 12.4. The highest BCUT2D eigenvalue weighted by atomic mass is 32.2. The minimum absolute atomic E-state index is 0.0512. The van der Waals surface area contributed by atoms with Crippen molar-refractivity contribution in [1.82, 2.24) is 9.62 Å². The van der Waals surface area contributed by atoms with Crippen LogP contribution in [0.25, 0.3) is 6.08 Å². The molecule has 0 heterocycles. The standard InChI is InChI=1S/C24H29N3O4S2/c1-27(20-6-4-3-5-7-20)33(29,30)22-15-11-19(12-16-22)25-24(32)26-23(28)17-10-18-8-13-21(31-2)14-9-18/h8-17,20H,3-7H2,1-2H3,(H2,25,26,28,32)/b17-10+. The van der Waals surface area contributed by atoms with Crippen LogP contribution in [-0.2, 0) is 14.8 Å². The third kappa shape index (κ3) is 6.86. The Morgan fingerprint density at radius 3 is 2.30 bits per heavy atom. The van der Waals surface area contributed by atoms with Crippen LogP contribution in [0.4, 0.5) is 5.69 Å². The van der Waals surface area contributed by atoms with E-state index < -0.39 is 10.0 Å². The molecule has 0 radical (unpaired) electrons. The molecule has 1 amide bonds. The Morgan fingerprint density at radius 2 is 1.70 bits per heavy atom. The first-order chi connectivity index (χ1) is 15.8. The van der Waals surface area contributed by atoms with Crippen molar-refractivity contribution in [2.75, 3.05) is 19.5 Å². The molecule has 2 N–H and O–H groups in total. The number of rotatable bonds is 7. The summed E-state index contributed by atoms with van der Waals surface area (Å²) in [6.07, 6.45) is 8.13. The molecule has 0 atom stereocenters. The summed E-state index contributed by atoms with van der Waals surface area (Å²) < 4.78 is 32.5. The summed E-state index contributed by atoms with van der Waals surface area (Å²) in [5, 5.41) is 5.59. The molecule has 9 heteroatoms. The molecule has 176 valence electrons. The Labute approximate surface area is 200 Å². The highest BCUT2D eigenvalue weighted by Crippen LogP contribution is 2.27. The second-order valence-corrected chi connectivity index (χ2v) is 10.3. The average Bonchev–Trinajstić information content (AvgIpc) is 2.83. The normalized spacial score (nSPS) is 14.9. The minimum atomic E-state index is -3.56. The molecule has 0 spiro atoms. The lowest BCUT2D eigenvalue weighted by atomic mass is 9.96. The Morgan fingerprint density at radius 1 is 1.06 bits per heavy atom. The first-order valence-electron chi connectivity index (χ1n) is 10.8. The predicted octanol–water partition coefficient (Wildman–Crippen LogP) is 4.17.